The van der Waals surface area contributed by atoms with Crippen LogP contribution >= 0.6 is 11.6 Å². The number of sulfonamides is 1. The summed E-state index contributed by atoms with van der Waals surface area (Å²) in [6.07, 6.45) is -5.26. The zero-order valence-corrected chi connectivity index (χ0v) is 12.0. The molecule has 1 saturated heterocycles. The summed E-state index contributed by atoms with van der Waals surface area (Å²) in [6.45, 7) is -1.80. The first-order chi connectivity index (χ1) is 9.59. The fraction of sp³-hybridized carbons (Fsp3) is 0.455. The van der Waals surface area contributed by atoms with E-state index in [9.17, 15) is 26.0 Å². The lowest BCUT2D eigenvalue weighted by Gasteiger charge is -2.37. The van der Waals surface area contributed by atoms with Gasteiger partial charge in [0.25, 0.3) is 0 Å². The topological polar surface area (TPSA) is 46.6 Å². The van der Waals surface area contributed by atoms with Crippen molar-refractivity contribution in [1.82, 2.24) is 4.31 Å². The van der Waals surface area contributed by atoms with Gasteiger partial charge in [-0.2, -0.15) is 17.5 Å². The second-order valence-electron chi connectivity index (χ2n) is 4.45. The van der Waals surface area contributed by atoms with Crippen molar-refractivity contribution >= 4 is 21.6 Å². The minimum atomic E-state index is -4.45. The smallest absolute Gasteiger partial charge is 0.366 e. The Hall–Kier alpha value is -0.900. The van der Waals surface area contributed by atoms with Gasteiger partial charge < -0.3 is 4.74 Å². The van der Waals surface area contributed by atoms with Crippen molar-refractivity contribution in [3.63, 3.8) is 0 Å². The van der Waals surface area contributed by atoms with Crippen LogP contribution in [0.1, 0.15) is 0 Å². The zero-order valence-electron chi connectivity index (χ0n) is 10.4. The number of alkyl halides is 3. The highest BCUT2D eigenvalue weighted by atomic mass is 35.5. The van der Waals surface area contributed by atoms with Gasteiger partial charge in [-0.1, -0.05) is 11.6 Å². The van der Waals surface area contributed by atoms with Crippen LogP contribution in [0.2, 0.25) is 5.02 Å². The van der Waals surface area contributed by atoms with E-state index in [1.54, 1.807) is 0 Å². The van der Waals surface area contributed by atoms with Gasteiger partial charge in [-0.05, 0) is 18.2 Å². The quantitative estimate of drug-likeness (QED) is 0.786. The summed E-state index contributed by atoms with van der Waals surface area (Å²) in [5.74, 6) is -0.759. The molecular formula is C11H10ClF4NO3S. The fourth-order valence-electron chi connectivity index (χ4n) is 1.70. The third-order valence-electron chi connectivity index (χ3n) is 2.83. The molecule has 0 saturated carbocycles. The maximum Gasteiger partial charge on any atom is 0.411 e. The molecule has 1 heterocycles. The molecule has 0 unspecified atom stereocenters. The molecule has 1 aliphatic heterocycles. The number of hydrogen-bond acceptors (Lipinski definition) is 3. The Labute approximate surface area is 123 Å². The molecule has 10 heteroatoms. The summed E-state index contributed by atoms with van der Waals surface area (Å²) < 4.78 is 78.5. The van der Waals surface area contributed by atoms with E-state index in [1.165, 1.54) is 0 Å². The molecule has 21 heavy (non-hydrogen) atoms. The van der Waals surface area contributed by atoms with Crippen LogP contribution in [0.15, 0.2) is 23.1 Å². The van der Waals surface area contributed by atoms with E-state index >= 15 is 0 Å². The largest absolute Gasteiger partial charge is 0.411 e. The highest BCUT2D eigenvalue weighted by Gasteiger charge is 2.39. The van der Waals surface area contributed by atoms with Crippen molar-refractivity contribution in [2.24, 2.45) is 0 Å². The molecule has 2 rings (SSSR count). The van der Waals surface area contributed by atoms with Crippen molar-refractivity contribution in [2.45, 2.75) is 17.2 Å². The van der Waals surface area contributed by atoms with Crippen LogP contribution in [0.4, 0.5) is 17.6 Å². The highest BCUT2D eigenvalue weighted by molar-refractivity contribution is 7.89. The van der Waals surface area contributed by atoms with Crippen molar-refractivity contribution < 1.29 is 30.7 Å². The average molecular weight is 348 g/mol. The second-order valence-corrected chi connectivity index (χ2v) is 6.79. The first kappa shape index (κ1) is 16.5. The molecule has 0 amide bonds. The lowest BCUT2D eigenvalue weighted by molar-refractivity contribution is -0.194. The van der Waals surface area contributed by atoms with Crippen LogP contribution in [0.3, 0.4) is 0 Å². The van der Waals surface area contributed by atoms with Gasteiger partial charge in [0.05, 0.1) is 16.0 Å². The molecule has 0 spiro atoms. The van der Waals surface area contributed by atoms with Gasteiger partial charge in [-0.25, -0.2) is 12.8 Å². The maximum atomic E-state index is 13.0. The first-order valence-corrected chi connectivity index (χ1v) is 7.55. The molecule has 1 aromatic carbocycles. The molecule has 0 bridgehead atoms. The third-order valence-corrected chi connectivity index (χ3v) is 4.94. The Balaban J connectivity index is 1.98. The van der Waals surface area contributed by atoms with Crippen molar-refractivity contribution in [2.75, 3.05) is 19.7 Å². The molecular weight excluding hydrogens is 338 g/mol. The number of halogens is 5. The van der Waals surface area contributed by atoms with Crippen molar-refractivity contribution in [1.29, 1.82) is 0 Å². The first-order valence-electron chi connectivity index (χ1n) is 5.73. The van der Waals surface area contributed by atoms with E-state index in [2.05, 4.69) is 4.74 Å². The maximum absolute atomic E-state index is 13.0. The average Bonchev–Trinajstić information content (AvgIpc) is 2.28. The predicted molar refractivity (Wildman–Crippen MR) is 66.0 cm³/mol. The molecule has 0 aliphatic carbocycles. The Morgan fingerprint density at radius 1 is 1.33 bits per heavy atom. The van der Waals surface area contributed by atoms with Gasteiger partial charge in [0.2, 0.25) is 10.0 Å². The van der Waals surface area contributed by atoms with E-state index < -0.39 is 34.7 Å². The molecule has 1 aromatic rings. The Morgan fingerprint density at radius 3 is 2.48 bits per heavy atom. The fourth-order valence-corrected chi connectivity index (χ4v) is 3.48. The molecule has 0 aromatic heterocycles. The molecule has 1 aliphatic rings. The summed E-state index contributed by atoms with van der Waals surface area (Å²) in [6, 6.07) is 2.91. The number of benzene rings is 1. The van der Waals surface area contributed by atoms with Crippen LogP contribution in [-0.2, 0) is 14.8 Å². The van der Waals surface area contributed by atoms with E-state index in [0.717, 1.165) is 22.5 Å². The van der Waals surface area contributed by atoms with E-state index in [-0.39, 0.29) is 23.0 Å². The van der Waals surface area contributed by atoms with Gasteiger partial charge >= 0.3 is 6.18 Å². The number of nitrogens with zero attached hydrogens (tertiary/aromatic N) is 1. The molecule has 0 atom stereocenters. The minimum Gasteiger partial charge on any atom is -0.366 e. The molecule has 4 nitrogen and oxygen atoms in total. The van der Waals surface area contributed by atoms with Gasteiger partial charge in [0.1, 0.15) is 12.4 Å². The minimum absolute atomic E-state index is 0.187. The third kappa shape index (κ3) is 3.85. The SMILES string of the molecule is O=S(=O)(c1ccc(F)c(Cl)c1)N1CC(OCC(F)(F)F)C1. The number of rotatable bonds is 4. The van der Waals surface area contributed by atoms with Gasteiger partial charge in [-0.3, -0.25) is 0 Å². The predicted octanol–water partition coefficient (Wildman–Crippen LogP) is 2.43. The number of ether oxygens (including phenoxy) is 1. The van der Waals surface area contributed by atoms with Crippen LogP contribution < -0.4 is 0 Å². The summed E-state index contributed by atoms with van der Waals surface area (Å²) >= 11 is 5.51. The highest BCUT2D eigenvalue weighted by Crippen LogP contribution is 2.27. The molecule has 0 N–H and O–H groups in total. The number of hydrogen-bond donors (Lipinski definition) is 0. The molecule has 118 valence electrons. The summed E-state index contributed by atoms with van der Waals surface area (Å²) in [5, 5.41) is -0.346. The van der Waals surface area contributed by atoms with Crippen LogP contribution in [0.25, 0.3) is 0 Å². The van der Waals surface area contributed by atoms with Gasteiger partial charge in [0, 0.05) is 13.1 Å². The standard InChI is InChI=1S/C11H10ClF4NO3S/c12-9-3-8(1-2-10(9)13)21(18,19)17-4-7(5-17)20-6-11(14,15)16/h1-3,7H,4-6H2. The molecule has 0 radical (unpaired) electrons. The summed E-state index contributed by atoms with van der Waals surface area (Å²) in [7, 11) is -3.91. The normalized spacial score (nSPS) is 17.8. The van der Waals surface area contributed by atoms with Crippen LogP contribution in [-0.4, -0.2) is 44.7 Å². The van der Waals surface area contributed by atoms with E-state index in [0.29, 0.717) is 0 Å². The monoisotopic (exact) mass is 347 g/mol. The summed E-state index contributed by atoms with van der Waals surface area (Å²) in [5.41, 5.74) is 0. The zero-order chi connectivity index (χ0) is 15.8. The Morgan fingerprint density at radius 2 is 1.95 bits per heavy atom. The van der Waals surface area contributed by atoms with Gasteiger partial charge in [-0.15, -0.1) is 0 Å². The summed E-state index contributed by atoms with van der Waals surface area (Å²) in [4.78, 5) is -0.219. The van der Waals surface area contributed by atoms with Crippen LogP contribution in [0.5, 0.6) is 0 Å². The van der Waals surface area contributed by atoms with Crippen LogP contribution in [0, 0.1) is 5.82 Å². The lowest BCUT2D eigenvalue weighted by atomic mass is 10.2. The molecule has 1 fully saturated rings. The second kappa shape index (κ2) is 5.71. The van der Waals surface area contributed by atoms with Gasteiger partial charge in [0.15, 0.2) is 0 Å². The Bertz CT molecular complexity index is 629. The van der Waals surface area contributed by atoms with Crippen molar-refractivity contribution in [3.8, 4) is 0 Å². The van der Waals surface area contributed by atoms with E-state index in [1.807, 2.05) is 0 Å². The Kier molecular flexibility index (Phi) is 4.48. The lowest BCUT2D eigenvalue weighted by Crippen LogP contribution is -2.55. The van der Waals surface area contributed by atoms with E-state index in [4.69, 9.17) is 11.6 Å². The van der Waals surface area contributed by atoms with Crippen molar-refractivity contribution in [3.05, 3.63) is 29.0 Å².